The van der Waals surface area contributed by atoms with Gasteiger partial charge in [-0.3, -0.25) is 4.79 Å². The van der Waals surface area contributed by atoms with E-state index in [1.807, 2.05) is 61.0 Å². The van der Waals surface area contributed by atoms with E-state index in [1.165, 1.54) is 0 Å². The van der Waals surface area contributed by atoms with E-state index in [4.69, 9.17) is 9.47 Å². The maximum atomic E-state index is 12.4. The van der Waals surface area contributed by atoms with Crippen molar-refractivity contribution in [1.82, 2.24) is 14.9 Å². The van der Waals surface area contributed by atoms with Crippen LogP contribution in [0.4, 0.5) is 0 Å². The summed E-state index contributed by atoms with van der Waals surface area (Å²) < 4.78 is 12.6. The highest BCUT2D eigenvalue weighted by Crippen LogP contribution is 2.31. The van der Waals surface area contributed by atoms with E-state index in [0.717, 1.165) is 33.9 Å². The fourth-order valence-corrected chi connectivity index (χ4v) is 4.05. The lowest BCUT2D eigenvalue weighted by molar-refractivity contribution is -0.119. The molecule has 0 spiro atoms. The number of nitrogens with zero attached hydrogens (tertiary/aromatic N) is 2. The summed E-state index contributed by atoms with van der Waals surface area (Å²) in [6, 6.07) is 12.0. The Morgan fingerprint density at radius 2 is 1.87 bits per heavy atom. The Hall–Kier alpha value is -2.93. The van der Waals surface area contributed by atoms with Crippen LogP contribution in [-0.2, 0) is 10.5 Å². The number of benzene rings is 2. The van der Waals surface area contributed by atoms with Crippen molar-refractivity contribution in [1.29, 1.82) is 0 Å². The van der Waals surface area contributed by atoms with Gasteiger partial charge in [0.15, 0.2) is 11.5 Å². The molecule has 1 heterocycles. The zero-order chi connectivity index (χ0) is 21.5. The minimum Gasteiger partial charge on any atom is -0.493 e. The standard InChI is InChI=1S/C23H27N3O3S/c1-16-11-21(28-3)22(29-4)12-19(16)13-30-14-23(27)25-17(2)18-5-7-20(8-6-18)26-10-9-24-15-26/h5-12,15,17H,13-14H2,1-4H3,(H,25,27). The van der Waals surface area contributed by atoms with Gasteiger partial charge in [-0.05, 0) is 54.8 Å². The lowest BCUT2D eigenvalue weighted by Gasteiger charge is -2.15. The third kappa shape index (κ3) is 5.36. The van der Waals surface area contributed by atoms with E-state index >= 15 is 0 Å². The molecule has 1 atom stereocenters. The van der Waals surface area contributed by atoms with Crippen molar-refractivity contribution < 1.29 is 14.3 Å². The summed E-state index contributed by atoms with van der Waals surface area (Å²) in [5, 5.41) is 3.07. The van der Waals surface area contributed by atoms with E-state index < -0.39 is 0 Å². The summed E-state index contributed by atoms with van der Waals surface area (Å²) in [6.45, 7) is 4.03. The smallest absolute Gasteiger partial charge is 0.230 e. The Labute approximate surface area is 181 Å². The number of thioether (sulfide) groups is 1. The highest BCUT2D eigenvalue weighted by molar-refractivity contribution is 7.99. The molecular formula is C23H27N3O3S. The largest absolute Gasteiger partial charge is 0.493 e. The van der Waals surface area contributed by atoms with Gasteiger partial charge in [0.1, 0.15) is 0 Å². The maximum absolute atomic E-state index is 12.4. The van der Waals surface area contributed by atoms with Gasteiger partial charge >= 0.3 is 0 Å². The van der Waals surface area contributed by atoms with Crippen LogP contribution in [0.15, 0.2) is 55.1 Å². The van der Waals surface area contributed by atoms with Crippen molar-refractivity contribution >= 4 is 17.7 Å². The van der Waals surface area contributed by atoms with E-state index in [0.29, 0.717) is 11.5 Å². The molecule has 1 aromatic heterocycles. The fraction of sp³-hybridized carbons (Fsp3) is 0.304. The first-order valence-electron chi connectivity index (χ1n) is 9.68. The first-order chi connectivity index (χ1) is 14.5. The van der Waals surface area contributed by atoms with Gasteiger partial charge in [-0.15, -0.1) is 11.8 Å². The molecule has 1 N–H and O–H groups in total. The summed E-state index contributed by atoms with van der Waals surface area (Å²) in [7, 11) is 3.25. The number of carbonyl (C=O) groups is 1. The average molecular weight is 426 g/mol. The second-order valence-electron chi connectivity index (χ2n) is 6.98. The van der Waals surface area contributed by atoms with Gasteiger partial charge in [-0.2, -0.15) is 0 Å². The number of hydrogen-bond donors (Lipinski definition) is 1. The summed E-state index contributed by atoms with van der Waals surface area (Å²) in [5.74, 6) is 2.56. The van der Waals surface area contributed by atoms with Gasteiger partial charge in [0.25, 0.3) is 0 Å². The van der Waals surface area contributed by atoms with Crippen LogP contribution in [0.2, 0.25) is 0 Å². The molecule has 0 radical (unpaired) electrons. The van der Waals surface area contributed by atoms with E-state index in [9.17, 15) is 4.79 Å². The molecule has 1 amide bonds. The van der Waals surface area contributed by atoms with Gasteiger partial charge in [0, 0.05) is 23.8 Å². The van der Waals surface area contributed by atoms with Crippen molar-refractivity contribution in [2.24, 2.45) is 0 Å². The summed E-state index contributed by atoms with van der Waals surface area (Å²) in [4.78, 5) is 16.5. The molecule has 2 aromatic carbocycles. The molecule has 7 heteroatoms. The van der Waals surface area contributed by atoms with Crippen LogP contribution in [0.1, 0.15) is 29.7 Å². The first kappa shape index (κ1) is 21.8. The molecule has 30 heavy (non-hydrogen) atoms. The topological polar surface area (TPSA) is 65.4 Å². The molecule has 0 fully saturated rings. The second-order valence-corrected chi connectivity index (χ2v) is 7.96. The van der Waals surface area contributed by atoms with Crippen LogP contribution < -0.4 is 14.8 Å². The van der Waals surface area contributed by atoms with Crippen molar-refractivity contribution in [2.45, 2.75) is 25.6 Å². The van der Waals surface area contributed by atoms with Crippen molar-refractivity contribution in [2.75, 3.05) is 20.0 Å². The average Bonchev–Trinajstić information content (AvgIpc) is 3.29. The molecule has 0 saturated heterocycles. The monoisotopic (exact) mass is 425 g/mol. The number of imidazole rings is 1. The number of amides is 1. The highest BCUT2D eigenvalue weighted by atomic mass is 32.2. The minimum atomic E-state index is -0.0576. The number of carbonyl (C=O) groups excluding carboxylic acids is 1. The number of nitrogens with one attached hydrogen (secondary N) is 1. The SMILES string of the molecule is COc1cc(C)c(CSCC(=O)NC(C)c2ccc(-n3ccnc3)cc2)cc1OC. The fourth-order valence-electron chi connectivity index (χ4n) is 3.15. The highest BCUT2D eigenvalue weighted by Gasteiger charge is 2.12. The second kappa shape index (κ2) is 10.2. The van der Waals surface area contributed by atoms with E-state index in [2.05, 4.69) is 10.3 Å². The van der Waals surface area contributed by atoms with Gasteiger partial charge in [-0.1, -0.05) is 12.1 Å². The van der Waals surface area contributed by atoms with Crippen LogP contribution in [-0.4, -0.2) is 35.4 Å². The molecule has 1 unspecified atom stereocenters. The lowest BCUT2D eigenvalue weighted by Crippen LogP contribution is -2.28. The molecule has 0 aliphatic heterocycles. The number of hydrogen-bond acceptors (Lipinski definition) is 5. The summed E-state index contributed by atoms with van der Waals surface area (Å²) in [5.41, 5.74) is 4.35. The zero-order valence-electron chi connectivity index (χ0n) is 17.7. The zero-order valence-corrected chi connectivity index (χ0v) is 18.5. The molecule has 158 valence electrons. The van der Waals surface area contributed by atoms with Gasteiger partial charge in [0.2, 0.25) is 5.91 Å². The molecular weight excluding hydrogens is 398 g/mol. The van der Waals surface area contributed by atoms with Gasteiger partial charge in [0.05, 0.1) is 32.3 Å². The van der Waals surface area contributed by atoms with Gasteiger partial charge < -0.3 is 19.4 Å². The van der Waals surface area contributed by atoms with Crippen LogP contribution >= 0.6 is 11.8 Å². The Morgan fingerprint density at radius 1 is 1.17 bits per heavy atom. The van der Waals surface area contributed by atoms with Crippen molar-refractivity contribution in [3.63, 3.8) is 0 Å². The Bertz CT molecular complexity index is 972. The maximum Gasteiger partial charge on any atom is 0.230 e. The number of rotatable bonds is 9. The van der Waals surface area contributed by atoms with Crippen LogP contribution in [0.25, 0.3) is 5.69 Å². The molecule has 3 aromatic rings. The van der Waals surface area contributed by atoms with Crippen molar-refractivity contribution in [3.8, 4) is 17.2 Å². The Morgan fingerprint density at radius 3 is 2.50 bits per heavy atom. The summed E-state index contributed by atoms with van der Waals surface area (Å²) >= 11 is 1.58. The van der Waals surface area contributed by atoms with Crippen LogP contribution in [0, 0.1) is 6.92 Å². The molecule has 0 saturated carbocycles. The predicted octanol–water partition coefficient (Wildman–Crippen LogP) is 4.31. The van der Waals surface area contributed by atoms with E-state index in [1.54, 1.807) is 38.5 Å². The normalized spacial score (nSPS) is 11.7. The number of methoxy groups -OCH3 is 2. The third-order valence-electron chi connectivity index (χ3n) is 4.91. The lowest BCUT2D eigenvalue weighted by atomic mass is 10.1. The number of ether oxygens (including phenoxy) is 2. The first-order valence-corrected chi connectivity index (χ1v) is 10.8. The van der Waals surface area contributed by atoms with Crippen molar-refractivity contribution in [3.05, 3.63) is 71.8 Å². The number of aromatic nitrogens is 2. The van der Waals surface area contributed by atoms with Crippen LogP contribution in [0.3, 0.4) is 0 Å². The van der Waals surface area contributed by atoms with Gasteiger partial charge in [-0.25, -0.2) is 4.98 Å². The third-order valence-corrected chi connectivity index (χ3v) is 5.89. The molecule has 0 aliphatic carbocycles. The Balaban J connectivity index is 1.51. The number of aryl methyl sites for hydroxylation is 1. The predicted molar refractivity (Wildman–Crippen MR) is 121 cm³/mol. The van der Waals surface area contributed by atoms with Crippen LogP contribution in [0.5, 0.6) is 11.5 Å². The summed E-state index contributed by atoms with van der Waals surface area (Å²) in [6.07, 6.45) is 5.41. The van der Waals surface area contributed by atoms with E-state index in [-0.39, 0.29) is 11.9 Å². The molecule has 6 nitrogen and oxygen atoms in total. The Kier molecular flexibility index (Phi) is 7.41. The molecule has 0 bridgehead atoms. The molecule has 3 rings (SSSR count). The quantitative estimate of drug-likeness (QED) is 0.553. The molecule has 0 aliphatic rings. The minimum absolute atomic E-state index is 0.0179.